The molecule has 0 radical (unpaired) electrons. The number of hydrogen-bond acceptors (Lipinski definition) is 3. The van der Waals surface area contributed by atoms with Crippen molar-refractivity contribution in [2.75, 3.05) is 18.0 Å². The van der Waals surface area contributed by atoms with E-state index in [1.807, 2.05) is 41.3 Å². The summed E-state index contributed by atoms with van der Waals surface area (Å²) in [6.45, 7) is 1.80. The van der Waals surface area contributed by atoms with Gasteiger partial charge >= 0.3 is 6.03 Å². The van der Waals surface area contributed by atoms with E-state index in [1.165, 1.54) is 0 Å². The second-order valence-corrected chi connectivity index (χ2v) is 6.04. The van der Waals surface area contributed by atoms with Gasteiger partial charge in [-0.2, -0.15) is 0 Å². The summed E-state index contributed by atoms with van der Waals surface area (Å²) >= 11 is 0. The quantitative estimate of drug-likeness (QED) is 0.848. The summed E-state index contributed by atoms with van der Waals surface area (Å²) < 4.78 is 0. The van der Waals surface area contributed by atoms with Gasteiger partial charge in [-0.3, -0.25) is 9.78 Å². The maximum Gasteiger partial charge on any atom is 0.315 e. The van der Waals surface area contributed by atoms with Crippen LogP contribution in [-0.2, 0) is 17.8 Å². The zero-order valence-electron chi connectivity index (χ0n) is 14.1. The van der Waals surface area contributed by atoms with Gasteiger partial charge in [0.25, 0.3) is 0 Å². The molecule has 0 unspecified atom stereocenters. The first kappa shape index (κ1) is 17.0. The predicted octanol–water partition coefficient (Wildman–Crippen LogP) is 2.25. The Bertz CT molecular complexity index is 716. The lowest BCUT2D eigenvalue weighted by molar-refractivity contribution is -0.117. The second-order valence-electron chi connectivity index (χ2n) is 6.04. The monoisotopic (exact) mass is 338 g/mol. The molecule has 1 saturated heterocycles. The third kappa shape index (κ3) is 4.79. The first-order chi connectivity index (χ1) is 12.2. The van der Waals surface area contributed by atoms with Crippen LogP contribution >= 0.6 is 0 Å². The number of carbonyl (C=O) groups excluding carboxylic acids is 2. The van der Waals surface area contributed by atoms with Gasteiger partial charge in [0.15, 0.2) is 0 Å². The van der Waals surface area contributed by atoms with E-state index in [4.69, 9.17) is 0 Å². The van der Waals surface area contributed by atoms with E-state index in [0.29, 0.717) is 19.5 Å². The van der Waals surface area contributed by atoms with Gasteiger partial charge in [0.2, 0.25) is 5.91 Å². The number of rotatable bonds is 6. The Kier molecular flexibility index (Phi) is 5.61. The molecule has 2 heterocycles. The highest BCUT2D eigenvalue weighted by Crippen LogP contribution is 2.21. The van der Waals surface area contributed by atoms with Crippen LogP contribution < -0.4 is 15.5 Å². The third-order valence-electron chi connectivity index (χ3n) is 4.20. The molecule has 1 aliphatic heterocycles. The molecule has 3 rings (SSSR count). The fourth-order valence-corrected chi connectivity index (χ4v) is 2.83. The number of nitrogens with one attached hydrogen (secondary N) is 2. The molecule has 130 valence electrons. The zero-order valence-corrected chi connectivity index (χ0v) is 14.1. The minimum Gasteiger partial charge on any atom is -0.338 e. The van der Waals surface area contributed by atoms with Crippen LogP contribution in [0.5, 0.6) is 0 Å². The van der Waals surface area contributed by atoms with E-state index in [1.54, 1.807) is 12.4 Å². The van der Waals surface area contributed by atoms with Crippen molar-refractivity contribution >= 4 is 17.6 Å². The molecular weight excluding hydrogens is 316 g/mol. The lowest BCUT2D eigenvalue weighted by atomic mass is 10.2. The summed E-state index contributed by atoms with van der Waals surface area (Å²) in [4.78, 5) is 29.4. The molecular formula is C19H22N4O2. The Labute approximate surface area is 147 Å². The highest BCUT2D eigenvalue weighted by molar-refractivity contribution is 5.95. The molecule has 6 nitrogen and oxygen atoms in total. The fourth-order valence-electron chi connectivity index (χ4n) is 2.83. The fraction of sp³-hybridized carbons (Fsp3) is 0.316. The molecule has 0 aliphatic carbocycles. The molecule has 3 amide bonds. The van der Waals surface area contributed by atoms with Crippen LogP contribution in [0.2, 0.25) is 0 Å². The number of aromatic nitrogens is 1. The molecule has 0 spiro atoms. The maximum absolute atomic E-state index is 11.8. The van der Waals surface area contributed by atoms with Gasteiger partial charge in [0.05, 0.1) is 0 Å². The molecule has 0 atom stereocenters. The molecule has 0 saturated carbocycles. The van der Waals surface area contributed by atoms with Crippen molar-refractivity contribution in [2.45, 2.75) is 25.8 Å². The number of benzene rings is 1. The van der Waals surface area contributed by atoms with Crippen LogP contribution in [0, 0.1) is 0 Å². The van der Waals surface area contributed by atoms with Crippen molar-refractivity contribution < 1.29 is 9.59 Å². The van der Waals surface area contributed by atoms with Crippen molar-refractivity contribution in [3.63, 3.8) is 0 Å². The van der Waals surface area contributed by atoms with Crippen LogP contribution in [0.25, 0.3) is 0 Å². The van der Waals surface area contributed by atoms with Gasteiger partial charge in [-0.15, -0.1) is 0 Å². The standard InChI is InChI=1S/C19H22N4O2/c24-18-4-2-12-23(18)17-7-5-16(6-8-17)14-22-19(25)21-11-9-15-3-1-10-20-13-15/h1,3,5-8,10,13H,2,4,9,11-12,14H2,(H2,21,22,25). The van der Waals surface area contributed by atoms with Crippen molar-refractivity contribution in [3.05, 3.63) is 59.9 Å². The molecule has 2 N–H and O–H groups in total. The summed E-state index contributed by atoms with van der Waals surface area (Å²) in [5.74, 6) is 0.180. The van der Waals surface area contributed by atoms with Gasteiger partial charge < -0.3 is 15.5 Å². The van der Waals surface area contributed by atoms with Gasteiger partial charge in [-0.1, -0.05) is 18.2 Å². The average molecular weight is 338 g/mol. The van der Waals surface area contributed by atoms with Crippen LogP contribution in [0.3, 0.4) is 0 Å². The summed E-state index contributed by atoms with van der Waals surface area (Å²) in [6, 6.07) is 11.4. The summed E-state index contributed by atoms with van der Waals surface area (Å²) in [5.41, 5.74) is 3.01. The Morgan fingerprint density at radius 1 is 1.12 bits per heavy atom. The lowest BCUT2D eigenvalue weighted by Gasteiger charge is -2.16. The number of pyridine rings is 1. The minimum absolute atomic E-state index is 0.180. The third-order valence-corrected chi connectivity index (χ3v) is 4.20. The number of carbonyl (C=O) groups is 2. The summed E-state index contributed by atoms with van der Waals surface area (Å²) in [6.07, 6.45) is 5.82. The molecule has 1 fully saturated rings. The molecule has 0 bridgehead atoms. The number of urea groups is 1. The second kappa shape index (κ2) is 8.28. The van der Waals surface area contributed by atoms with Gasteiger partial charge in [-0.05, 0) is 42.2 Å². The van der Waals surface area contributed by atoms with E-state index in [9.17, 15) is 9.59 Å². The molecule has 2 aromatic rings. The molecule has 6 heteroatoms. The first-order valence-corrected chi connectivity index (χ1v) is 8.52. The maximum atomic E-state index is 11.8. The number of hydrogen-bond donors (Lipinski definition) is 2. The molecule has 1 aromatic heterocycles. The van der Waals surface area contributed by atoms with Crippen LogP contribution in [0.15, 0.2) is 48.8 Å². The van der Waals surface area contributed by atoms with Gasteiger partial charge in [0.1, 0.15) is 0 Å². The Morgan fingerprint density at radius 3 is 2.64 bits per heavy atom. The van der Waals surface area contributed by atoms with Crippen molar-refractivity contribution in [1.29, 1.82) is 0 Å². The van der Waals surface area contributed by atoms with Gasteiger partial charge in [0, 0.05) is 44.1 Å². The topological polar surface area (TPSA) is 74.3 Å². The lowest BCUT2D eigenvalue weighted by Crippen LogP contribution is -2.36. The van der Waals surface area contributed by atoms with Crippen molar-refractivity contribution in [2.24, 2.45) is 0 Å². The smallest absolute Gasteiger partial charge is 0.315 e. The molecule has 1 aromatic carbocycles. The SMILES string of the molecule is O=C(NCCc1cccnc1)NCc1ccc(N2CCCC2=O)cc1. The minimum atomic E-state index is -0.192. The van der Waals surface area contributed by atoms with E-state index in [2.05, 4.69) is 15.6 Å². The van der Waals surface area contributed by atoms with E-state index in [0.717, 1.165) is 36.2 Å². The van der Waals surface area contributed by atoms with E-state index in [-0.39, 0.29) is 11.9 Å². The van der Waals surface area contributed by atoms with Crippen molar-refractivity contribution in [1.82, 2.24) is 15.6 Å². The number of nitrogens with zero attached hydrogens (tertiary/aromatic N) is 2. The van der Waals surface area contributed by atoms with Crippen LogP contribution in [0.1, 0.15) is 24.0 Å². The summed E-state index contributed by atoms with van der Waals surface area (Å²) in [7, 11) is 0. The van der Waals surface area contributed by atoms with Gasteiger partial charge in [-0.25, -0.2) is 4.79 Å². The van der Waals surface area contributed by atoms with E-state index >= 15 is 0 Å². The van der Waals surface area contributed by atoms with E-state index < -0.39 is 0 Å². The van der Waals surface area contributed by atoms with Crippen LogP contribution in [-0.4, -0.2) is 30.0 Å². The molecule has 1 aliphatic rings. The first-order valence-electron chi connectivity index (χ1n) is 8.52. The Hall–Kier alpha value is -2.89. The average Bonchev–Trinajstić information content (AvgIpc) is 3.07. The van der Waals surface area contributed by atoms with Crippen LogP contribution in [0.4, 0.5) is 10.5 Å². The zero-order chi connectivity index (χ0) is 17.5. The number of amides is 3. The highest BCUT2D eigenvalue weighted by atomic mass is 16.2. The largest absolute Gasteiger partial charge is 0.338 e. The number of anilines is 1. The Morgan fingerprint density at radius 2 is 1.96 bits per heavy atom. The Balaban J connectivity index is 1.40. The molecule has 25 heavy (non-hydrogen) atoms. The normalized spacial score (nSPS) is 13.8. The highest BCUT2D eigenvalue weighted by Gasteiger charge is 2.21. The predicted molar refractivity (Wildman–Crippen MR) is 96.2 cm³/mol. The van der Waals surface area contributed by atoms with Crippen molar-refractivity contribution in [3.8, 4) is 0 Å². The summed E-state index contributed by atoms with van der Waals surface area (Å²) in [5, 5.41) is 5.67.